The van der Waals surface area contributed by atoms with E-state index in [-0.39, 0.29) is 17.9 Å². The first kappa shape index (κ1) is 21.8. The van der Waals surface area contributed by atoms with Gasteiger partial charge in [-0.15, -0.1) is 6.42 Å². The zero-order valence-electron chi connectivity index (χ0n) is 17.0. The molecule has 0 saturated heterocycles. The Morgan fingerprint density at radius 3 is 2.79 bits per heavy atom. The largest absolute Gasteiger partial charge is 0.385 e. The quantitative estimate of drug-likeness (QED) is 0.348. The Bertz CT molecular complexity index is 703. The molecule has 0 heterocycles. The maximum Gasteiger partial charge on any atom is 0.246 e. The first-order valence-electron chi connectivity index (χ1n) is 9.98. The third kappa shape index (κ3) is 6.90. The Hall–Kier alpha value is -2.52. The summed E-state index contributed by atoms with van der Waals surface area (Å²) in [4.78, 5) is 16.7. The molecule has 1 saturated carbocycles. The van der Waals surface area contributed by atoms with Crippen LogP contribution in [0, 0.1) is 17.8 Å². The number of nitrogens with zero attached hydrogens (tertiary/aromatic N) is 1. The molecule has 0 unspecified atom stereocenters. The third-order valence-corrected chi connectivity index (χ3v) is 5.17. The predicted octanol–water partition coefficient (Wildman–Crippen LogP) is 2.76. The number of terminal acetylenes is 1. The van der Waals surface area contributed by atoms with Crippen LogP contribution in [0.4, 0.5) is 5.69 Å². The number of methoxy groups -OCH3 is 1. The van der Waals surface area contributed by atoms with Crippen LogP contribution in [0.2, 0.25) is 0 Å². The molecular formula is C22H32N4O2. The standard InChI is InChI=1S/C22H32N4O2/c1-4-18-9-8-10-19(15-18)26-20(27)16-24-21(23-5-2)25-17-22(13-14-28-3)11-6-7-12-22/h1,8-10,15H,5-7,11-14,16-17H2,2-3H3,(H,26,27)(H2,23,24,25). The smallest absolute Gasteiger partial charge is 0.246 e. The van der Waals surface area contributed by atoms with Gasteiger partial charge in [0.05, 0.1) is 0 Å². The average Bonchev–Trinajstić information content (AvgIpc) is 3.18. The third-order valence-electron chi connectivity index (χ3n) is 5.17. The summed E-state index contributed by atoms with van der Waals surface area (Å²) in [6.07, 6.45) is 11.4. The highest BCUT2D eigenvalue weighted by Crippen LogP contribution is 2.40. The van der Waals surface area contributed by atoms with Gasteiger partial charge in [0, 0.05) is 38.1 Å². The van der Waals surface area contributed by atoms with Crippen molar-refractivity contribution >= 4 is 17.6 Å². The van der Waals surface area contributed by atoms with Crippen LogP contribution in [0.1, 0.15) is 44.6 Å². The van der Waals surface area contributed by atoms with Gasteiger partial charge in [-0.05, 0) is 49.8 Å². The van der Waals surface area contributed by atoms with Crippen LogP contribution >= 0.6 is 0 Å². The van der Waals surface area contributed by atoms with Crippen molar-refractivity contribution in [3.63, 3.8) is 0 Å². The number of benzene rings is 1. The molecule has 0 aromatic heterocycles. The van der Waals surface area contributed by atoms with Crippen molar-refractivity contribution in [2.75, 3.05) is 38.7 Å². The monoisotopic (exact) mass is 384 g/mol. The van der Waals surface area contributed by atoms with Gasteiger partial charge in [-0.1, -0.05) is 24.8 Å². The summed E-state index contributed by atoms with van der Waals surface area (Å²) >= 11 is 0. The van der Waals surface area contributed by atoms with Crippen LogP contribution in [0.3, 0.4) is 0 Å². The zero-order chi connectivity index (χ0) is 20.2. The molecule has 1 aromatic rings. The number of aliphatic imine (C=N–C) groups is 1. The summed E-state index contributed by atoms with van der Waals surface area (Å²) in [5, 5.41) is 9.48. The molecule has 0 bridgehead atoms. The zero-order valence-corrected chi connectivity index (χ0v) is 17.0. The fraction of sp³-hybridized carbons (Fsp3) is 0.545. The van der Waals surface area contributed by atoms with E-state index in [4.69, 9.17) is 11.2 Å². The number of anilines is 1. The summed E-state index contributed by atoms with van der Waals surface area (Å²) in [5.74, 6) is 3.05. The van der Waals surface area contributed by atoms with E-state index >= 15 is 0 Å². The fourth-order valence-corrected chi connectivity index (χ4v) is 3.61. The highest BCUT2D eigenvalue weighted by Gasteiger charge is 2.33. The topological polar surface area (TPSA) is 74.8 Å². The molecule has 0 atom stereocenters. The van der Waals surface area contributed by atoms with E-state index in [0.717, 1.165) is 31.7 Å². The van der Waals surface area contributed by atoms with Gasteiger partial charge in [-0.3, -0.25) is 4.79 Å². The van der Waals surface area contributed by atoms with Gasteiger partial charge < -0.3 is 20.7 Å². The van der Waals surface area contributed by atoms with Crippen molar-refractivity contribution in [1.29, 1.82) is 0 Å². The summed E-state index contributed by atoms with van der Waals surface area (Å²) in [7, 11) is 1.75. The second kappa shape index (κ2) is 11.4. The van der Waals surface area contributed by atoms with Gasteiger partial charge in [0.25, 0.3) is 0 Å². The second-order valence-corrected chi connectivity index (χ2v) is 7.27. The predicted molar refractivity (Wildman–Crippen MR) is 114 cm³/mol. The first-order valence-corrected chi connectivity index (χ1v) is 9.98. The highest BCUT2D eigenvalue weighted by molar-refractivity contribution is 5.94. The SMILES string of the molecule is C#Cc1cccc(NC(=O)CN=C(NCC)NCC2(CCOC)CCCC2)c1. The summed E-state index contributed by atoms with van der Waals surface area (Å²) in [5.41, 5.74) is 1.66. The lowest BCUT2D eigenvalue weighted by Crippen LogP contribution is -2.43. The Kier molecular flexibility index (Phi) is 8.83. The van der Waals surface area contributed by atoms with Gasteiger partial charge in [0.1, 0.15) is 6.54 Å². The minimum Gasteiger partial charge on any atom is -0.385 e. The van der Waals surface area contributed by atoms with Crippen LogP contribution < -0.4 is 16.0 Å². The second-order valence-electron chi connectivity index (χ2n) is 7.27. The van der Waals surface area contributed by atoms with E-state index in [1.54, 1.807) is 13.2 Å². The molecule has 1 aromatic carbocycles. The maximum absolute atomic E-state index is 12.2. The Labute approximate surface area is 168 Å². The van der Waals surface area contributed by atoms with Crippen LogP contribution in [0.15, 0.2) is 29.3 Å². The van der Waals surface area contributed by atoms with Crippen molar-refractivity contribution < 1.29 is 9.53 Å². The van der Waals surface area contributed by atoms with E-state index in [2.05, 4.69) is 26.9 Å². The summed E-state index contributed by atoms with van der Waals surface area (Å²) in [6, 6.07) is 7.22. The number of hydrogen-bond donors (Lipinski definition) is 3. The molecule has 0 radical (unpaired) electrons. The highest BCUT2D eigenvalue weighted by atomic mass is 16.5. The molecule has 2 rings (SSSR count). The van der Waals surface area contributed by atoms with Crippen molar-refractivity contribution in [3.05, 3.63) is 29.8 Å². The van der Waals surface area contributed by atoms with Crippen LogP contribution in [0.5, 0.6) is 0 Å². The van der Waals surface area contributed by atoms with Crippen molar-refractivity contribution in [3.8, 4) is 12.3 Å². The van der Waals surface area contributed by atoms with E-state index in [1.807, 2.05) is 25.1 Å². The number of nitrogens with one attached hydrogen (secondary N) is 3. The summed E-state index contributed by atoms with van der Waals surface area (Å²) < 4.78 is 5.30. The van der Waals surface area contributed by atoms with Gasteiger partial charge in [0.2, 0.25) is 5.91 Å². The molecule has 1 aliphatic rings. The normalized spacial score (nSPS) is 15.7. The van der Waals surface area contributed by atoms with Gasteiger partial charge in [-0.25, -0.2) is 4.99 Å². The molecule has 1 aliphatic carbocycles. The molecule has 3 N–H and O–H groups in total. The minimum absolute atomic E-state index is 0.0423. The number of carbonyl (C=O) groups excluding carboxylic acids is 1. The molecule has 1 amide bonds. The molecule has 28 heavy (non-hydrogen) atoms. The Morgan fingerprint density at radius 2 is 2.11 bits per heavy atom. The Balaban J connectivity index is 1.91. The summed E-state index contributed by atoms with van der Waals surface area (Å²) in [6.45, 7) is 4.41. The fourth-order valence-electron chi connectivity index (χ4n) is 3.61. The number of amides is 1. The van der Waals surface area contributed by atoms with Gasteiger partial charge >= 0.3 is 0 Å². The van der Waals surface area contributed by atoms with Crippen LogP contribution in [-0.4, -0.2) is 45.2 Å². The molecule has 1 fully saturated rings. The number of guanidine groups is 1. The average molecular weight is 385 g/mol. The Morgan fingerprint density at radius 1 is 1.32 bits per heavy atom. The molecule has 0 aliphatic heterocycles. The molecule has 6 nitrogen and oxygen atoms in total. The lowest BCUT2D eigenvalue weighted by molar-refractivity contribution is -0.114. The number of rotatable bonds is 9. The lowest BCUT2D eigenvalue weighted by Gasteiger charge is -2.29. The molecular weight excluding hydrogens is 352 g/mol. The van der Waals surface area contributed by atoms with Gasteiger partial charge in [-0.2, -0.15) is 0 Å². The maximum atomic E-state index is 12.2. The first-order chi connectivity index (χ1) is 13.6. The van der Waals surface area contributed by atoms with Crippen molar-refractivity contribution in [2.45, 2.75) is 39.0 Å². The van der Waals surface area contributed by atoms with Crippen LogP contribution in [0.25, 0.3) is 0 Å². The van der Waals surface area contributed by atoms with E-state index in [1.165, 1.54) is 25.7 Å². The number of carbonyl (C=O) groups is 1. The van der Waals surface area contributed by atoms with E-state index in [9.17, 15) is 4.79 Å². The minimum atomic E-state index is -0.179. The molecule has 152 valence electrons. The van der Waals surface area contributed by atoms with Gasteiger partial charge in [0.15, 0.2) is 5.96 Å². The van der Waals surface area contributed by atoms with Crippen molar-refractivity contribution in [2.24, 2.45) is 10.4 Å². The molecule has 0 spiro atoms. The number of hydrogen-bond acceptors (Lipinski definition) is 3. The lowest BCUT2D eigenvalue weighted by atomic mass is 9.83. The van der Waals surface area contributed by atoms with E-state index < -0.39 is 0 Å². The molecule has 6 heteroatoms. The van der Waals surface area contributed by atoms with E-state index in [0.29, 0.717) is 11.6 Å². The van der Waals surface area contributed by atoms with Crippen molar-refractivity contribution in [1.82, 2.24) is 10.6 Å². The van der Waals surface area contributed by atoms with Crippen LogP contribution in [-0.2, 0) is 9.53 Å². The number of ether oxygens (including phenoxy) is 1.